The molecule has 0 spiro atoms. The first-order valence-electron chi connectivity index (χ1n) is 6.50. The molecule has 0 unspecified atom stereocenters. The van der Waals surface area contributed by atoms with Crippen LogP contribution in [0.25, 0.3) is 11.1 Å². The molecule has 0 aliphatic heterocycles. The number of nitrogens with zero attached hydrogens (tertiary/aromatic N) is 1. The standard InChI is InChI=1S/C16H18N.BrH/c1-2-6-14(7-3-1)15-10-12-17(13-11-15)16-8-4-5-9-16;/h1-3,6-7,10-13,16H,4-5,8-9H2;1H/q+1;/p-1. The summed E-state index contributed by atoms with van der Waals surface area (Å²) in [5.74, 6) is 0. The van der Waals surface area contributed by atoms with Gasteiger partial charge in [-0.3, -0.25) is 0 Å². The average Bonchev–Trinajstić information content (AvgIpc) is 2.94. The molecular formula is C16H18BrN. The summed E-state index contributed by atoms with van der Waals surface area (Å²) in [4.78, 5) is 0. The van der Waals surface area contributed by atoms with Crippen LogP contribution in [0.2, 0.25) is 0 Å². The molecule has 18 heavy (non-hydrogen) atoms. The maximum Gasteiger partial charge on any atom is 0.169 e. The molecule has 0 bridgehead atoms. The van der Waals surface area contributed by atoms with Crippen LogP contribution < -0.4 is 21.5 Å². The van der Waals surface area contributed by atoms with E-state index in [1.165, 1.54) is 36.8 Å². The van der Waals surface area contributed by atoms with E-state index in [1.54, 1.807) is 0 Å². The van der Waals surface area contributed by atoms with Gasteiger partial charge in [0.05, 0.1) is 0 Å². The molecule has 1 aliphatic rings. The minimum absolute atomic E-state index is 0. The second-order valence-corrected chi connectivity index (χ2v) is 4.84. The fourth-order valence-electron chi connectivity index (χ4n) is 2.71. The maximum absolute atomic E-state index is 2.37. The second-order valence-electron chi connectivity index (χ2n) is 4.84. The topological polar surface area (TPSA) is 3.88 Å². The predicted octanol–water partition coefficient (Wildman–Crippen LogP) is 0.760. The summed E-state index contributed by atoms with van der Waals surface area (Å²) in [6, 6.07) is 15.8. The Balaban J connectivity index is 0.00000120. The van der Waals surface area contributed by atoms with Crippen LogP contribution in [0, 0.1) is 0 Å². The third-order valence-electron chi connectivity index (χ3n) is 3.71. The Morgan fingerprint density at radius 3 is 1.94 bits per heavy atom. The van der Waals surface area contributed by atoms with E-state index in [2.05, 4.69) is 59.4 Å². The summed E-state index contributed by atoms with van der Waals surface area (Å²) in [5, 5.41) is 0. The first kappa shape index (κ1) is 13.3. The van der Waals surface area contributed by atoms with Gasteiger partial charge in [0, 0.05) is 25.0 Å². The minimum Gasteiger partial charge on any atom is -1.00 e. The van der Waals surface area contributed by atoms with E-state index in [0.717, 1.165) is 6.04 Å². The van der Waals surface area contributed by atoms with Crippen molar-refractivity contribution in [3.63, 3.8) is 0 Å². The highest BCUT2D eigenvalue weighted by atomic mass is 79.9. The Kier molecular flexibility index (Phi) is 4.54. The lowest BCUT2D eigenvalue weighted by Crippen LogP contribution is -3.00. The van der Waals surface area contributed by atoms with Crippen LogP contribution in [0.3, 0.4) is 0 Å². The molecule has 1 saturated carbocycles. The van der Waals surface area contributed by atoms with Crippen molar-refractivity contribution >= 4 is 0 Å². The van der Waals surface area contributed by atoms with Gasteiger partial charge in [-0.05, 0) is 24.0 Å². The Bertz CT molecular complexity index is 472. The Labute approximate surface area is 119 Å². The molecule has 94 valence electrons. The van der Waals surface area contributed by atoms with Gasteiger partial charge in [0.1, 0.15) is 0 Å². The van der Waals surface area contributed by atoms with Crippen molar-refractivity contribution in [2.75, 3.05) is 0 Å². The molecular weight excluding hydrogens is 286 g/mol. The molecule has 1 heterocycles. The largest absolute Gasteiger partial charge is 1.00 e. The van der Waals surface area contributed by atoms with Crippen LogP contribution in [0.15, 0.2) is 54.9 Å². The normalized spacial score (nSPS) is 15.3. The van der Waals surface area contributed by atoms with Crippen molar-refractivity contribution in [3.05, 3.63) is 54.9 Å². The van der Waals surface area contributed by atoms with Gasteiger partial charge in [0.25, 0.3) is 0 Å². The van der Waals surface area contributed by atoms with Crippen LogP contribution in [0.4, 0.5) is 0 Å². The van der Waals surface area contributed by atoms with E-state index in [-0.39, 0.29) is 17.0 Å². The number of hydrogen-bond acceptors (Lipinski definition) is 0. The van der Waals surface area contributed by atoms with Crippen molar-refractivity contribution in [2.24, 2.45) is 0 Å². The number of benzene rings is 1. The molecule has 1 aromatic heterocycles. The summed E-state index contributed by atoms with van der Waals surface area (Å²) in [6.45, 7) is 0. The van der Waals surface area contributed by atoms with Crippen molar-refractivity contribution in [3.8, 4) is 11.1 Å². The third-order valence-corrected chi connectivity index (χ3v) is 3.71. The molecule has 0 atom stereocenters. The highest BCUT2D eigenvalue weighted by molar-refractivity contribution is 5.61. The first-order chi connectivity index (χ1) is 8.43. The van der Waals surface area contributed by atoms with Gasteiger partial charge >= 0.3 is 0 Å². The van der Waals surface area contributed by atoms with Crippen LogP contribution in [0.1, 0.15) is 31.7 Å². The lowest BCUT2D eigenvalue weighted by molar-refractivity contribution is -0.721. The molecule has 1 aromatic carbocycles. The zero-order valence-electron chi connectivity index (χ0n) is 10.4. The van der Waals surface area contributed by atoms with E-state index >= 15 is 0 Å². The van der Waals surface area contributed by atoms with Gasteiger partial charge in [0.2, 0.25) is 0 Å². The first-order valence-corrected chi connectivity index (χ1v) is 6.50. The molecule has 0 N–H and O–H groups in total. The quantitative estimate of drug-likeness (QED) is 0.721. The lowest BCUT2D eigenvalue weighted by atomic mass is 10.1. The van der Waals surface area contributed by atoms with E-state index in [4.69, 9.17) is 0 Å². The molecule has 0 saturated heterocycles. The van der Waals surface area contributed by atoms with Gasteiger partial charge in [-0.25, -0.2) is 4.57 Å². The maximum atomic E-state index is 2.37. The van der Waals surface area contributed by atoms with Crippen molar-refractivity contribution in [1.29, 1.82) is 0 Å². The predicted molar refractivity (Wildman–Crippen MR) is 69.6 cm³/mol. The fourth-order valence-corrected chi connectivity index (χ4v) is 2.71. The minimum atomic E-state index is 0. The summed E-state index contributed by atoms with van der Waals surface area (Å²) in [7, 11) is 0. The zero-order chi connectivity index (χ0) is 11.5. The summed E-state index contributed by atoms with van der Waals surface area (Å²) in [6.07, 6.45) is 9.93. The van der Waals surface area contributed by atoms with Crippen molar-refractivity contribution < 1.29 is 21.5 Å². The number of hydrogen-bond donors (Lipinski definition) is 0. The van der Waals surface area contributed by atoms with Gasteiger partial charge in [-0.2, -0.15) is 0 Å². The summed E-state index contributed by atoms with van der Waals surface area (Å²) < 4.78 is 2.37. The molecule has 0 radical (unpaired) electrons. The van der Waals surface area contributed by atoms with Gasteiger partial charge in [-0.15, -0.1) is 0 Å². The van der Waals surface area contributed by atoms with Crippen LogP contribution in [-0.4, -0.2) is 0 Å². The SMILES string of the molecule is [Br-].c1ccc(-c2cc[n+](C3CCCC3)cc2)cc1. The third kappa shape index (κ3) is 2.81. The van der Waals surface area contributed by atoms with E-state index in [9.17, 15) is 0 Å². The fraction of sp³-hybridized carbons (Fsp3) is 0.312. The summed E-state index contributed by atoms with van der Waals surface area (Å²) >= 11 is 0. The molecule has 1 nitrogen and oxygen atoms in total. The molecule has 2 aromatic rings. The highest BCUT2D eigenvalue weighted by Crippen LogP contribution is 2.25. The zero-order valence-corrected chi connectivity index (χ0v) is 12.0. The second kappa shape index (κ2) is 6.14. The molecule has 3 rings (SSSR count). The van der Waals surface area contributed by atoms with Gasteiger partial charge in [0.15, 0.2) is 18.4 Å². The Morgan fingerprint density at radius 1 is 0.778 bits per heavy atom. The summed E-state index contributed by atoms with van der Waals surface area (Å²) in [5.41, 5.74) is 2.60. The monoisotopic (exact) mass is 303 g/mol. The average molecular weight is 304 g/mol. The Morgan fingerprint density at radius 2 is 1.33 bits per heavy atom. The van der Waals surface area contributed by atoms with Crippen molar-refractivity contribution in [1.82, 2.24) is 0 Å². The number of rotatable bonds is 2. The number of aromatic nitrogens is 1. The van der Waals surface area contributed by atoms with Crippen molar-refractivity contribution in [2.45, 2.75) is 31.7 Å². The van der Waals surface area contributed by atoms with E-state index in [0.29, 0.717) is 0 Å². The highest BCUT2D eigenvalue weighted by Gasteiger charge is 2.22. The number of pyridine rings is 1. The van der Waals surface area contributed by atoms with E-state index < -0.39 is 0 Å². The van der Waals surface area contributed by atoms with E-state index in [1.807, 2.05) is 0 Å². The van der Waals surface area contributed by atoms with Crippen LogP contribution in [-0.2, 0) is 0 Å². The molecule has 1 aliphatic carbocycles. The molecule has 1 fully saturated rings. The lowest BCUT2D eigenvalue weighted by Gasteiger charge is -2.05. The Hall–Kier alpha value is -1.15. The van der Waals surface area contributed by atoms with Gasteiger partial charge < -0.3 is 17.0 Å². The molecule has 2 heteroatoms. The smallest absolute Gasteiger partial charge is 0.169 e. The molecule has 0 amide bonds. The van der Waals surface area contributed by atoms with Crippen LogP contribution >= 0.6 is 0 Å². The van der Waals surface area contributed by atoms with Crippen LogP contribution in [0.5, 0.6) is 0 Å². The van der Waals surface area contributed by atoms with Gasteiger partial charge in [-0.1, -0.05) is 30.3 Å². The number of halogens is 1.